The summed E-state index contributed by atoms with van der Waals surface area (Å²) in [4.78, 5) is 44.3. The van der Waals surface area contributed by atoms with Gasteiger partial charge >= 0.3 is 20.5 Å². The molecule has 0 saturated heterocycles. The molecule has 0 heterocycles. The number of nitrogens with two attached hydrogens (primary N) is 2. The van der Waals surface area contributed by atoms with E-state index in [4.69, 9.17) is 30.5 Å². The standard InChI is InChI=1S/C12H22N2O8Si/c1-23(2,21-9(15)5-3-7(13)11(17)18)22-10(16)6-4-8(14)12(19)20/h7-8H,3-6,13-14H2,1-2H3,(H,17,18)(H,19,20). The molecule has 6 N–H and O–H groups in total. The topological polar surface area (TPSA) is 179 Å². The molecule has 0 aromatic rings. The van der Waals surface area contributed by atoms with Gasteiger partial charge in [0.1, 0.15) is 12.1 Å². The molecule has 0 saturated carbocycles. The fraction of sp³-hybridized carbons (Fsp3) is 0.667. The van der Waals surface area contributed by atoms with Gasteiger partial charge in [-0.05, 0) is 12.8 Å². The van der Waals surface area contributed by atoms with Crippen LogP contribution in [0.5, 0.6) is 0 Å². The Balaban J connectivity index is 4.25. The van der Waals surface area contributed by atoms with Crippen LogP contribution in [0.3, 0.4) is 0 Å². The van der Waals surface area contributed by atoms with Gasteiger partial charge < -0.3 is 30.5 Å². The zero-order valence-electron chi connectivity index (χ0n) is 13.0. The van der Waals surface area contributed by atoms with Crippen LogP contribution in [0.1, 0.15) is 25.7 Å². The predicted octanol–water partition coefficient (Wildman–Crippen LogP) is -0.841. The zero-order chi connectivity index (χ0) is 18.2. The molecule has 11 heteroatoms. The molecule has 132 valence electrons. The lowest BCUT2D eigenvalue weighted by atomic mass is 10.2. The molecule has 0 rings (SSSR count). The van der Waals surface area contributed by atoms with Crippen LogP contribution in [0.2, 0.25) is 13.1 Å². The lowest BCUT2D eigenvalue weighted by Crippen LogP contribution is -2.40. The van der Waals surface area contributed by atoms with Gasteiger partial charge in [-0.3, -0.25) is 19.2 Å². The van der Waals surface area contributed by atoms with Gasteiger partial charge in [-0.1, -0.05) is 0 Å². The summed E-state index contributed by atoms with van der Waals surface area (Å²) >= 11 is 0. The minimum atomic E-state index is -3.10. The normalized spacial score (nSPS) is 13.7. The van der Waals surface area contributed by atoms with Crippen LogP contribution >= 0.6 is 0 Å². The highest BCUT2D eigenvalue weighted by Crippen LogP contribution is 2.12. The summed E-state index contributed by atoms with van der Waals surface area (Å²) < 4.78 is 10.1. The Morgan fingerprint density at radius 3 is 1.43 bits per heavy atom. The molecule has 0 bridgehead atoms. The van der Waals surface area contributed by atoms with Gasteiger partial charge in [-0.15, -0.1) is 0 Å². The Bertz CT molecular complexity index is 428. The first-order valence-electron chi connectivity index (χ1n) is 6.85. The van der Waals surface area contributed by atoms with Gasteiger partial charge in [0.25, 0.3) is 11.9 Å². The number of rotatable bonds is 10. The number of hydrogen-bond donors (Lipinski definition) is 4. The molecule has 23 heavy (non-hydrogen) atoms. The minimum Gasteiger partial charge on any atom is -0.485 e. The third-order valence-corrected chi connectivity index (χ3v) is 4.11. The van der Waals surface area contributed by atoms with Crippen molar-refractivity contribution >= 4 is 32.4 Å². The molecule has 0 aliphatic heterocycles. The number of carbonyl (C=O) groups excluding carboxylic acids is 2. The van der Waals surface area contributed by atoms with Crippen molar-refractivity contribution in [2.45, 2.75) is 50.9 Å². The first-order valence-corrected chi connectivity index (χ1v) is 9.66. The van der Waals surface area contributed by atoms with Crippen LogP contribution in [-0.4, -0.2) is 54.7 Å². The molecule has 0 aliphatic carbocycles. The molecule has 0 fully saturated rings. The van der Waals surface area contributed by atoms with Gasteiger partial charge in [0.05, 0.1) is 0 Å². The largest absolute Gasteiger partial charge is 0.485 e. The first-order chi connectivity index (χ1) is 10.4. The van der Waals surface area contributed by atoms with Gasteiger partial charge in [0.15, 0.2) is 0 Å². The summed E-state index contributed by atoms with van der Waals surface area (Å²) in [6.45, 7) is 2.91. The monoisotopic (exact) mass is 350 g/mol. The van der Waals surface area contributed by atoms with Crippen molar-refractivity contribution in [3.05, 3.63) is 0 Å². The van der Waals surface area contributed by atoms with Crippen LogP contribution in [0.15, 0.2) is 0 Å². The van der Waals surface area contributed by atoms with E-state index in [1.54, 1.807) is 0 Å². The molecular weight excluding hydrogens is 328 g/mol. The average molecular weight is 350 g/mol. The smallest absolute Gasteiger partial charge is 0.457 e. The summed E-state index contributed by atoms with van der Waals surface area (Å²) in [5.41, 5.74) is 10.5. The zero-order valence-corrected chi connectivity index (χ0v) is 14.0. The number of aliphatic carboxylic acids is 2. The van der Waals surface area contributed by atoms with E-state index in [0.717, 1.165) is 0 Å². The van der Waals surface area contributed by atoms with Gasteiger partial charge in [0.2, 0.25) is 0 Å². The summed E-state index contributed by atoms with van der Waals surface area (Å²) in [6.07, 6.45) is -0.628. The van der Waals surface area contributed by atoms with Crippen molar-refractivity contribution in [3.8, 4) is 0 Å². The highest BCUT2D eigenvalue weighted by atomic mass is 28.4. The van der Waals surface area contributed by atoms with E-state index in [1.165, 1.54) is 13.1 Å². The van der Waals surface area contributed by atoms with E-state index in [2.05, 4.69) is 0 Å². The van der Waals surface area contributed by atoms with Gasteiger partial charge in [-0.2, -0.15) is 0 Å². The number of carboxylic acids is 2. The minimum absolute atomic E-state index is 0.0972. The van der Waals surface area contributed by atoms with E-state index in [0.29, 0.717) is 0 Å². The number of carboxylic acid groups (broad SMARTS) is 2. The van der Waals surface area contributed by atoms with Crippen LogP contribution in [0.25, 0.3) is 0 Å². The predicted molar refractivity (Wildman–Crippen MR) is 79.4 cm³/mol. The van der Waals surface area contributed by atoms with E-state index in [-0.39, 0.29) is 25.7 Å². The first kappa shape index (κ1) is 21.0. The van der Waals surface area contributed by atoms with Crippen LogP contribution in [0, 0.1) is 0 Å². The summed E-state index contributed by atoms with van der Waals surface area (Å²) in [7, 11) is -3.10. The van der Waals surface area contributed by atoms with Crippen molar-refractivity contribution in [2.75, 3.05) is 0 Å². The SMILES string of the molecule is C[Si](C)(OC(=O)CCC(N)C(=O)O)OC(=O)CCC(N)C(=O)O. The highest BCUT2D eigenvalue weighted by molar-refractivity contribution is 6.67. The number of carbonyl (C=O) groups is 4. The van der Waals surface area contributed by atoms with E-state index in [9.17, 15) is 19.2 Å². The molecule has 0 spiro atoms. The molecule has 2 atom stereocenters. The lowest BCUT2D eigenvalue weighted by Gasteiger charge is -2.22. The molecule has 0 radical (unpaired) electrons. The fourth-order valence-corrected chi connectivity index (χ4v) is 2.81. The summed E-state index contributed by atoms with van der Waals surface area (Å²) in [5, 5.41) is 17.2. The van der Waals surface area contributed by atoms with Crippen molar-refractivity contribution < 1.29 is 38.2 Å². The van der Waals surface area contributed by atoms with Gasteiger partial charge in [0, 0.05) is 25.9 Å². The van der Waals surface area contributed by atoms with Crippen LogP contribution < -0.4 is 11.5 Å². The quantitative estimate of drug-likeness (QED) is 0.363. The Kier molecular flexibility index (Phi) is 8.43. The third-order valence-electron chi connectivity index (χ3n) is 2.67. The molecule has 0 aromatic carbocycles. The van der Waals surface area contributed by atoms with Crippen LogP contribution in [-0.2, 0) is 28.0 Å². The van der Waals surface area contributed by atoms with Crippen molar-refractivity contribution in [2.24, 2.45) is 11.5 Å². The fourth-order valence-electron chi connectivity index (χ4n) is 1.46. The van der Waals surface area contributed by atoms with Crippen molar-refractivity contribution in [1.29, 1.82) is 0 Å². The summed E-state index contributed by atoms with van der Waals surface area (Å²) in [5.74, 6) is -3.88. The van der Waals surface area contributed by atoms with E-state index < -0.39 is 44.5 Å². The molecule has 0 amide bonds. The molecule has 0 aromatic heterocycles. The second-order valence-electron chi connectivity index (χ2n) is 5.31. The second kappa shape index (κ2) is 9.22. The molecule has 0 aliphatic rings. The third kappa shape index (κ3) is 9.60. The maximum absolute atomic E-state index is 11.6. The highest BCUT2D eigenvalue weighted by Gasteiger charge is 2.33. The average Bonchev–Trinajstić information content (AvgIpc) is 2.40. The van der Waals surface area contributed by atoms with Crippen LogP contribution in [0.4, 0.5) is 0 Å². The Hall–Kier alpha value is -1.98. The summed E-state index contributed by atoms with van der Waals surface area (Å²) in [6, 6.07) is -2.35. The van der Waals surface area contributed by atoms with Gasteiger partial charge in [-0.25, -0.2) is 0 Å². The Morgan fingerprint density at radius 2 is 1.17 bits per heavy atom. The Morgan fingerprint density at radius 1 is 0.870 bits per heavy atom. The maximum atomic E-state index is 11.6. The van der Waals surface area contributed by atoms with Crippen molar-refractivity contribution in [3.63, 3.8) is 0 Å². The lowest BCUT2D eigenvalue weighted by molar-refractivity contribution is -0.141. The second-order valence-corrected chi connectivity index (χ2v) is 8.52. The molecular formula is C12H22N2O8Si. The maximum Gasteiger partial charge on any atom is 0.457 e. The van der Waals surface area contributed by atoms with Crippen molar-refractivity contribution in [1.82, 2.24) is 0 Å². The molecule has 2 unspecified atom stereocenters. The Labute approximate surface area is 134 Å². The van der Waals surface area contributed by atoms with E-state index in [1.807, 2.05) is 0 Å². The van der Waals surface area contributed by atoms with E-state index >= 15 is 0 Å². The molecule has 10 nitrogen and oxygen atoms in total. The number of hydrogen-bond acceptors (Lipinski definition) is 8.